The quantitative estimate of drug-likeness (QED) is 0.693. The number of aryl methyl sites for hydroxylation is 1. The van der Waals surface area contributed by atoms with E-state index in [4.69, 9.17) is 5.73 Å². The van der Waals surface area contributed by atoms with Gasteiger partial charge in [-0.1, -0.05) is 13.0 Å². The fourth-order valence-electron chi connectivity index (χ4n) is 0.907. The maximum atomic E-state index is 5.51. The SMILES string of the molecule is Cc1ccc(C(C)CN)cn1. The van der Waals surface area contributed by atoms with E-state index < -0.39 is 0 Å². The van der Waals surface area contributed by atoms with Crippen molar-refractivity contribution in [2.24, 2.45) is 5.73 Å². The number of pyridine rings is 1. The zero-order valence-electron chi connectivity index (χ0n) is 7.04. The van der Waals surface area contributed by atoms with E-state index in [2.05, 4.69) is 18.0 Å². The van der Waals surface area contributed by atoms with Gasteiger partial charge in [0.15, 0.2) is 0 Å². The summed E-state index contributed by atoms with van der Waals surface area (Å²) in [4.78, 5) is 4.19. The number of nitrogens with two attached hydrogens (primary N) is 1. The summed E-state index contributed by atoms with van der Waals surface area (Å²) in [6, 6.07) is 4.10. The first-order valence-corrected chi connectivity index (χ1v) is 3.86. The smallest absolute Gasteiger partial charge is 0.0372 e. The molecule has 1 heterocycles. The van der Waals surface area contributed by atoms with Crippen LogP contribution in [-0.4, -0.2) is 11.5 Å². The Kier molecular flexibility index (Phi) is 2.60. The van der Waals surface area contributed by atoms with Crippen LogP contribution in [0.5, 0.6) is 0 Å². The molecule has 0 bridgehead atoms. The van der Waals surface area contributed by atoms with E-state index in [-0.39, 0.29) is 0 Å². The molecule has 0 aliphatic heterocycles. The predicted octanol–water partition coefficient (Wildman–Crippen LogP) is 1.45. The maximum absolute atomic E-state index is 5.51. The zero-order chi connectivity index (χ0) is 8.27. The molecule has 0 fully saturated rings. The first-order valence-electron chi connectivity index (χ1n) is 3.86. The van der Waals surface area contributed by atoms with E-state index in [1.165, 1.54) is 5.56 Å². The minimum Gasteiger partial charge on any atom is -0.330 e. The second-order valence-electron chi connectivity index (χ2n) is 2.87. The normalized spacial score (nSPS) is 13.0. The van der Waals surface area contributed by atoms with Gasteiger partial charge < -0.3 is 5.73 Å². The van der Waals surface area contributed by atoms with E-state index in [0.717, 1.165) is 5.69 Å². The van der Waals surface area contributed by atoms with Crippen LogP contribution >= 0.6 is 0 Å². The van der Waals surface area contributed by atoms with Crippen molar-refractivity contribution < 1.29 is 0 Å². The van der Waals surface area contributed by atoms with Gasteiger partial charge in [0, 0.05) is 11.9 Å². The lowest BCUT2D eigenvalue weighted by molar-refractivity contribution is 0.768. The van der Waals surface area contributed by atoms with Gasteiger partial charge in [0.25, 0.3) is 0 Å². The molecule has 1 atom stereocenters. The first kappa shape index (κ1) is 8.21. The second kappa shape index (κ2) is 3.49. The number of hydrogen-bond donors (Lipinski definition) is 1. The lowest BCUT2D eigenvalue weighted by Crippen LogP contribution is -2.08. The predicted molar refractivity (Wildman–Crippen MR) is 46.4 cm³/mol. The molecule has 11 heavy (non-hydrogen) atoms. The third-order valence-corrected chi connectivity index (χ3v) is 1.86. The summed E-state index contributed by atoms with van der Waals surface area (Å²) < 4.78 is 0. The summed E-state index contributed by atoms with van der Waals surface area (Å²) >= 11 is 0. The minimum atomic E-state index is 0.420. The number of aromatic nitrogens is 1. The van der Waals surface area contributed by atoms with E-state index in [9.17, 15) is 0 Å². The fraction of sp³-hybridized carbons (Fsp3) is 0.444. The summed E-state index contributed by atoms with van der Waals surface area (Å²) in [5.74, 6) is 0.420. The lowest BCUT2D eigenvalue weighted by Gasteiger charge is -2.07. The van der Waals surface area contributed by atoms with Gasteiger partial charge in [-0.3, -0.25) is 4.98 Å². The van der Waals surface area contributed by atoms with Crippen LogP contribution in [0.1, 0.15) is 24.1 Å². The molecular weight excluding hydrogens is 136 g/mol. The van der Waals surface area contributed by atoms with E-state index in [1.807, 2.05) is 19.2 Å². The average Bonchev–Trinajstić information content (AvgIpc) is 2.05. The van der Waals surface area contributed by atoms with Crippen molar-refractivity contribution in [3.8, 4) is 0 Å². The van der Waals surface area contributed by atoms with Crippen LogP contribution in [0.2, 0.25) is 0 Å². The topological polar surface area (TPSA) is 38.9 Å². The molecule has 0 aliphatic rings. The van der Waals surface area contributed by atoms with Gasteiger partial charge in [0.05, 0.1) is 0 Å². The fourth-order valence-corrected chi connectivity index (χ4v) is 0.907. The molecule has 2 N–H and O–H groups in total. The van der Waals surface area contributed by atoms with Crippen LogP contribution in [0.4, 0.5) is 0 Å². The third kappa shape index (κ3) is 2.02. The van der Waals surface area contributed by atoms with Gasteiger partial charge in [-0.2, -0.15) is 0 Å². The Labute approximate surface area is 67.5 Å². The maximum Gasteiger partial charge on any atom is 0.0372 e. The molecule has 0 amide bonds. The highest BCUT2D eigenvalue weighted by Crippen LogP contribution is 2.11. The number of rotatable bonds is 2. The first-order chi connectivity index (χ1) is 5.24. The molecule has 2 heteroatoms. The van der Waals surface area contributed by atoms with Gasteiger partial charge >= 0.3 is 0 Å². The summed E-state index contributed by atoms with van der Waals surface area (Å²) in [5.41, 5.74) is 7.79. The Morgan fingerprint density at radius 3 is 2.73 bits per heavy atom. The van der Waals surface area contributed by atoms with Gasteiger partial charge in [-0.05, 0) is 31.0 Å². The van der Waals surface area contributed by atoms with Crippen LogP contribution in [-0.2, 0) is 0 Å². The van der Waals surface area contributed by atoms with Crippen LogP contribution in [0, 0.1) is 6.92 Å². The van der Waals surface area contributed by atoms with Crippen molar-refractivity contribution in [2.45, 2.75) is 19.8 Å². The average molecular weight is 150 g/mol. The second-order valence-corrected chi connectivity index (χ2v) is 2.87. The lowest BCUT2D eigenvalue weighted by atomic mass is 10.0. The molecule has 0 aromatic carbocycles. The number of nitrogens with zero attached hydrogens (tertiary/aromatic N) is 1. The van der Waals surface area contributed by atoms with Gasteiger partial charge in [-0.25, -0.2) is 0 Å². The largest absolute Gasteiger partial charge is 0.330 e. The van der Waals surface area contributed by atoms with Crippen molar-refractivity contribution in [3.63, 3.8) is 0 Å². The van der Waals surface area contributed by atoms with Crippen LogP contribution in [0.15, 0.2) is 18.3 Å². The van der Waals surface area contributed by atoms with Crippen LogP contribution in [0.25, 0.3) is 0 Å². The van der Waals surface area contributed by atoms with Crippen molar-refractivity contribution in [2.75, 3.05) is 6.54 Å². The zero-order valence-corrected chi connectivity index (χ0v) is 7.04. The highest BCUT2D eigenvalue weighted by Gasteiger charge is 2.01. The molecule has 0 saturated carbocycles. The molecule has 0 aliphatic carbocycles. The molecular formula is C9H14N2. The summed E-state index contributed by atoms with van der Waals surface area (Å²) in [5, 5.41) is 0. The van der Waals surface area contributed by atoms with Crippen molar-refractivity contribution in [1.82, 2.24) is 4.98 Å². The molecule has 0 saturated heterocycles. The molecule has 60 valence electrons. The Balaban J connectivity index is 2.81. The minimum absolute atomic E-state index is 0.420. The van der Waals surface area contributed by atoms with Gasteiger partial charge in [0.2, 0.25) is 0 Å². The molecule has 1 aromatic rings. The Morgan fingerprint density at radius 2 is 2.27 bits per heavy atom. The van der Waals surface area contributed by atoms with Gasteiger partial charge in [-0.15, -0.1) is 0 Å². The molecule has 1 aromatic heterocycles. The Morgan fingerprint density at radius 1 is 1.55 bits per heavy atom. The van der Waals surface area contributed by atoms with E-state index in [1.54, 1.807) is 0 Å². The van der Waals surface area contributed by atoms with Crippen LogP contribution in [0.3, 0.4) is 0 Å². The van der Waals surface area contributed by atoms with Gasteiger partial charge in [0.1, 0.15) is 0 Å². The van der Waals surface area contributed by atoms with Crippen molar-refractivity contribution >= 4 is 0 Å². The standard InChI is InChI=1S/C9H14N2/c1-7(5-10)9-4-3-8(2)11-6-9/h3-4,6-7H,5,10H2,1-2H3. The molecule has 0 radical (unpaired) electrons. The number of hydrogen-bond acceptors (Lipinski definition) is 2. The molecule has 1 rings (SSSR count). The molecule has 0 spiro atoms. The monoisotopic (exact) mass is 150 g/mol. The summed E-state index contributed by atoms with van der Waals surface area (Å²) in [7, 11) is 0. The van der Waals surface area contributed by atoms with Crippen molar-refractivity contribution in [3.05, 3.63) is 29.6 Å². The van der Waals surface area contributed by atoms with Crippen LogP contribution < -0.4 is 5.73 Å². The van der Waals surface area contributed by atoms with E-state index >= 15 is 0 Å². The highest BCUT2D eigenvalue weighted by atomic mass is 14.7. The Hall–Kier alpha value is -0.890. The summed E-state index contributed by atoms with van der Waals surface area (Å²) in [6.45, 7) is 4.77. The molecule has 1 unspecified atom stereocenters. The Bertz CT molecular complexity index is 216. The highest BCUT2D eigenvalue weighted by molar-refractivity contribution is 5.17. The van der Waals surface area contributed by atoms with Crippen molar-refractivity contribution in [1.29, 1.82) is 0 Å². The third-order valence-electron chi connectivity index (χ3n) is 1.86. The summed E-state index contributed by atoms with van der Waals surface area (Å²) in [6.07, 6.45) is 1.90. The molecule has 2 nitrogen and oxygen atoms in total. The van der Waals surface area contributed by atoms with E-state index in [0.29, 0.717) is 12.5 Å².